The summed E-state index contributed by atoms with van der Waals surface area (Å²) in [5, 5.41) is 27.0. The van der Waals surface area contributed by atoms with Gasteiger partial charge in [-0.1, -0.05) is 31.9 Å². The zero-order chi connectivity index (χ0) is 20.8. The minimum absolute atomic E-state index is 0.0740. The van der Waals surface area contributed by atoms with Gasteiger partial charge in [0.1, 0.15) is 11.5 Å². The highest BCUT2D eigenvalue weighted by Crippen LogP contribution is 2.30. The Balaban J connectivity index is 1.96. The van der Waals surface area contributed by atoms with E-state index in [4.69, 9.17) is 0 Å². The molecule has 0 aliphatic rings. The van der Waals surface area contributed by atoms with E-state index in [-0.39, 0.29) is 11.5 Å². The number of benzene rings is 2. The van der Waals surface area contributed by atoms with E-state index in [1.54, 1.807) is 18.2 Å². The zero-order valence-corrected chi connectivity index (χ0v) is 19.9. The number of aromatic hydroxyl groups is 2. The van der Waals surface area contributed by atoms with Crippen LogP contribution in [0.25, 0.3) is 0 Å². The third kappa shape index (κ3) is 6.12. The average molecular weight is 642 g/mol. The predicted octanol–water partition coefficient (Wildman–Crippen LogP) is 3.75. The first kappa shape index (κ1) is 22.5. The van der Waals surface area contributed by atoms with Crippen LogP contribution in [0.15, 0.2) is 52.4 Å². The number of phenols is 2. The molecule has 2 amide bonds. The van der Waals surface area contributed by atoms with Crippen LogP contribution >= 0.6 is 63.7 Å². The van der Waals surface area contributed by atoms with E-state index in [1.807, 2.05) is 10.9 Å². The van der Waals surface area contributed by atoms with E-state index >= 15 is 0 Å². The van der Waals surface area contributed by atoms with Crippen molar-refractivity contribution < 1.29 is 19.8 Å². The minimum atomic E-state index is -1.07. The van der Waals surface area contributed by atoms with Crippen LogP contribution in [0.5, 0.6) is 11.5 Å². The Hall–Kier alpha value is -1.76. The molecule has 0 atom stereocenters. The molecule has 2 rings (SSSR count). The third-order valence-electron chi connectivity index (χ3n) is 3.07. The van der Waals surface area contributed by atoms with E-state index in [0.29, 0.717) is 29.0 Å². The molecule has 4 N–H and O–H groups in total. The van der Waals surface area contributed by atoms with Gasteiger partial charge in [-0.2, -0.15) is 10.2 Å². The summed E-state index contributed by atoms with van der Waals surface area (Å²) < 4.78 is 2.30. The van der Waals surface area contributed by atoms with Crippen molar-refractivity contribution >= 4 is 88.0 Å². The minimum Gasteiger partial charge on any atom is -0.507 e. The second-order valence-electron chi connectivity index (χ2n) is 5.04. The normalized spacial score (nSPS) is 11.1. The van der Waals surface area contributed by atoms with Gasteiger partial charge < -0.3 is 10.2 Å². The summed E-state index contributed by atoms with van der Waals surface area (Å²) in [6.07, 6.45) is 2.35. The summed E-state index contributed by atoms with van der Waals surface area (Å²) in [6, 6.07) is 6.34. The lowest BCUT2D eigenvalue weighted by molar-refractivity contribution is -0.139. The number of phenolic OH excluding ortho intramolecular Hbond substituents is 2. The second kappa shape index (κ2) is 10.1. The monoisotopic (exact) mass is 638 g/mol. The molecule has 0 saturated heterocycles. The molecule has 0 saturated carbocycles. The number of carbonyl (C=O) groups excluding carboxylic acids is 2. The Bertz CT molecular complexity index is 972. The number of hydrogen-bond donors (Lipinski definition) is 4. The first-order chi connectivity index (χ1) is 13.2. The van der Waals surface area contributed by atoms with Gasteiger partial charge in [0.05, 0.1) is 22.5 Å². The van der Waals surface area contributed by atoms with Gasteiger partial charge >= 0.3 is 11.8 Å². The van der Waals surface area contributed by atoms with E-state index in [9.17, 15) is 19.8 Å². The Labute approximate surface area is 192 Å². The molecule has 0 spiro atoms. The largest absolute Gasteiger partial charge is 0.507 e. The smallest absolute Gasteiger partial charge is 0.331 e. The summed E-state index contributed by atoms with van der Waals surface area (Å²) >= 11 is 12.9. The van der Waals surface area contributed by atoms with Crippen LogP contribution in [0.1, 0.15) is 11.1 Å². The van der Waals surface area contributed by atoms with Crippen molar-refractivity contribution in [3.8, 4) is 11.5 Å². The molecule has 0 heterocycles. The Morgan fingerprint density at radius 3 is 1.96 bits per heavy atom. The van der Waals surface area contributed by atoms with Crippen LogP contribution in [0.2, 0.25) is 0 Å². The van der Waals surface area contributed by atoms with Gasteiger partial charge in [0.15, 0.2) is 0 Å². The van der Waals surface area contributed by atoms with E-state index in [2.05, 4.69) is 73.9 Å². The first-order valence-electron chi connectivity index (χ1n) is 7.21. The van der Waals surface area contributed by atoms with Crippen molar-refractivity contribution in [3.05, 3.63) is 53.3 Å². The zero-order valence-electron chi connectivity index (χ0n) is 13.6. The van der Waals surface area contributed by atoms with Crippen LogP contribution in [0.4, 0.5) is 0 Å². The maximum atomic E-state index is 11.7. The molecule has 2 aromatic carbocycles. The number of carbonyl (C=O) groups is 2. The molecule has 0 aromatic heterocycles. The SMILES string of the molecule is O=C(NN=Cc1c(O)cc(Br)cc1Br)C(=O)N/N=C/c1cc(Br)cc(Br)c1O. The predicted molar refractivity (Wildman–Crippen MR) is 118 cm³/mol. The van der Waals surface area contributed by atoms with Crippen LogP contribution in [0, 0.1) is 0 Å². The van der Waals surface area contributed by atoms with Gasteiger partial charge in [0, 0.05) is 19.0 Å². The summed E-state index contributed by atoms with van der Waals surface area (Å²) in [5.41, 5.74) is 4.66. The summed E-state index contributed by atoms with van der Waals surface area (Å²) in [6.45, 7) is 0. The van der Waals surface area contributed by atoms with Crippen molar-refractivity contribution in [2.45, 2.75) is 0 Å². The number of hydrazone groups is 2. The van der Waals surface area contributed by atoms with Crippen LogP contribution in [-0.4, -0.2) is 34.5 Å². The number of nitrogens with zero attached hydrogens (tertiary/aromatic N) is 2. The maximum absolute atomic E-state index is 11.7. The number of nitrogens with one attached hydrogen (secondary N) is 2. The quantitative estimate of drug-likeness (QED) is 0.231. The van der Waals surface area contributed by atoms with Crippen molar-refractivity contribution in [2.24, 2.45) is 10.2 Å². The summed E-state index contributed by atoms with van der Waals surface area (Å²) in [4.78, 5) is 23.4. The molecule has 2 aromatic rings. The van der Waals surface area contributed by atoms with Gasteiger partial charge in [-0.15, -0.1) is 0 Å². The number of hydrogen-bond acceptors (Lipinski definition) is 6. The molecule has 0 fully saturated rings. The number of halogens is 4. The molecule has 0 aliphatic carbocycles. The fourth-order valence-electron chi connectivity index (χ4n) is 1.80. The van der Waals surface area contributed by atoms with Crippen molar-refractivity contribution in [2.75, 3.05) is 0 Å². The first-order valence-corrected chi connectivity index (χ1v) is 10.4. The lowest BCUT2D eigenvalue weighted by Crippen LogP contribution is -2.35. The fourth-order valence-corrected chi connectivity index (χ4v) is 4.36. The van der Waals surface area contributed by atoms with Crippen molar-refractivity contribution in [1.82, 2.24) is 10.9 Å². The molecular weight excluding hydrogens is 632 g/mol. The standard InChI is InChI=1S/C16H10Br4N4O4/c17-8-1-7(14(26)12(20)3-8)5-21-23-15(27)16(28)24-22-6-10-11(19)2-9(18)4-13(10)25/h1-6,25-26H,(H,23,27)(H,24,28)/b21-5+,22-6?. The van der Waals surface area contributed by atoms with E-state index in [0.717, 1.165) is 0 Å². The molecular formula is C16H10Br4N4O4. The van der Waals surface area contributed by atoms with Crippen LogP contribution < -0.4 is 10.9 Å². The Morgan fingerprint density at radius 1 is 0.821 bits per heavy atom. The molecule has 0 radical (unpaired) electrons. The Kier molecular flexibility index (Phi) is 8.16. The van der Waals surface area contributed by atoms with E-state index < -0.39 is 11.8 Å². The van der Waals surface area contributed by atoms with Crippen molar-refractivity contribution in [3.63, 3.8) is 0 Å². The molecule has 0 aliphatic heterocycles. The lowest BCUT2D eigenvalue weighted by Gasteiger charge is -2.04. The van der Waals surface area contributed by atoms with Crippen LogP contribution in [-0.2, 0) is 9.59 Å². The Morgan fingerprint density at radius 2 is 1.36 bits per heavy atom. The van der Waals surface area contributed by atoms with Crippen LogP contribution in [0.3, 0.4) is 0 Å². The van der Waals surface area contributed by atoms with Gasteiger partial charge in [-0.3, -0.25) is 9.59 Å². The van der Waals surface area contributed by atoms with Gasteiger partial charge in [0.2, 0.25) is 0 Å². The average Bonchev–Trinajstić information content (AvgIpc) is 2.60. The fraction of sp³-hybridized carbons (Fsp3) is 0. The third-order valence-corrected chi connectivity index (χ3v) is 5.24. The highest BCUT2D eigenvalue weighted by atomic mass is 79.9. The molecule has 0 unspecified atom stereocenters. The molecule has 12 heteroatoms. The van der Waals surface area contributed by atoms with Gasteiger partial charge in [0.25, 0.3) is 0 Å². The second-order valence-corrected chi connectivity index (χ2v) is 8.58. The molecule has 146 valence electrons. The van der Waals surface area contributed by atoms with Crippen molar-refractivity contribution in [1.29, 1.82) is 0 Å². The summed E-state index contributed by atoms with van der Waals surface area (Å²) in [7, 11) is 0. The summed E-state index contributed by atoms with van der Waals surface area (Å²) in [5.74, 6) is -2.29. The maximum Gasteiger partial charge on any atom is 0.331 e. The van der Waals surface area contributed by atoms with E-state index in [1.165, 1.54) is 18.5 Å². The lowest BCUT2D eigenvalue weighted by atomic mass is 10.2. The molecule has 8 nitrogen and oxygen atoms in total. The number of rotatable bonds is 4. The highest BCUT2D eigenvalue weighted by Gasteiger charge is 2.12. The molecule has 28 heavy (non-hydrogen) atoms. The van der Waals surface area contributed by atoms with Gasteiger partial charge in [-0.25, -0.2) is 10.9 Å². The highest BCUT2D eigenvalue weighted by molar-refractivity contribution is 9.11. The van der Waals surface area contributed by atoms with Gasteiger partial charge in [-0.05, 0) is 56.1 Å². The number of amides is 2. The molecule has 0 bridgehead atoms. The topological polar surface area (TPSA) is 123 Å².